The Balaban J connectivity index is 2.46. The minimum Gasteiger partial charge on any atom is -0.480 e. The fourth-order valence-electron chi connectivity index (χ4n) is 1.09. The van der Waals surface area contributed by atoms with Crippen LogP contribution in [0.25, 0.3) is 0 Å². The highest BCUT2D eigenvalue weighted by Gasteiger charge is 2.35. The first kappa shape index (κ1) is 12.0. The summed E-state index contributed by atoms with van der Waals surface area (Å²) >= 11 is 0. The summed E-state index contributed by atoms with van der Waals surface area (Å²) < 4.78 is 0. The first-order valence-corrected chi connectivity index (χ1v) is 5.09. The minimum atomic E-state index is -1.15. The molecule has 0 atom stereocenters. The van der Waals surface area contributed by atoms with Crippen molar-refractivity contribution in [3.63, 3.8) is 0 Å². The van der Waals surface area contributed by atoms with Crippen LogP contribution in [0, 0.1) is 0 Å². The number of hydrogen-bond acceptors (Lipinski definition) is 3. The molecule has 1 aliphatic carbocycles. The second kappa shape index (κ2) is 4.18. The highest BCUT2D eigenvalue weighted by molar-refractivity contribution is 5.87. The monoisotopic (exact) mass is 214 g/mol. The average Bonchev–Trinajstić information content (AvgIpc) is 2.96. The predicted molar refractivity (Wildman–Crippen MR) is 55.5 cm³/mol. The summed E-state index contributed by atoms with van der Waals surface area (Å²) in [6.45, 7) is 3.26. The molecule has 0 heterocycles. The fraction of sp³-hybridized carbons (Fsp3) is 0.800. The summed E-state index contributed by atoms with van der Waals surface area (Å²) in [7, 11) is 1.52. The number of likely N-dealkylation sites (N-methyl/N-ethyl adjacent to an activating group) is 1. The maximum Gasteiger partial charge on any atom is 0.329 e. The Bertz CT molecular complexity index is 272. The van der Waals surface area contributed by atoms with Gasteiger partial charge in [-0.2, -0.15) is 0 Å². The number of nitrogens with one attached hydrogen (secondary N) is 1. The van der Waals surface area contributed by atoms with E-state index in [1.807, 2.05) is 0 Å². The molecule has 0 unspecified atom stereocenters. The Morgan fingerprint density at radius 1 is 1.47 bits per heavy atom. The molecule has 0 aromatic heterocycles. The van der Waals surface area contributed by atoms with Crippen LogP contribution in [0.3, 0.4) is 0 Å². The molecular formula is C10H18N2O3. The normalized spacial score (nSPS) is 16.2. The number of carbonyl (C=O) groups excluding carboxylic acids is 1. The van der Waals surface area contributed by atoms with Crippen molar-refractivity contribution in [2.24, 2.45) is 0 Å². The summed E-state index contributed by atoms with van der Waals surface area (Å²) in [5, 5.41) is 12.0. The Labute approximate surface area is 89.4 Å². The lowest BCUT2D eigenvalue weighted by Crippen LogP contribution is -2.53. The van der Waals surface area contributed by atoms with Gasteiger partial charge in [-0.15, -0.1) is 0 Å². The summed E-state index contributed by atoms with van der Waals surface area (Å²) in [6.07, 6.45) is 2.22. The molecule has 0 aromatic carbocycles. The number of aliphatic carboxylic acids is 1. The largest absolute Gasteiger partial charge is 0.480 e. The van der Waals surface area contributed by atoms with Crippen LogP contribution in [0.1, 0.15) is 26.7 Å². The van der Waals surface area contributed by atoms with Gasteiger partial charge in [0.15, 0.2) is 0 Å². The molecule has 0 saturated heterocycles. The van der Waals surface area contributed by atoms with Crippen molar-refractivity contribution in [3.05, 3.63) is 0 Å². The van der Waals surface area contributed by atoms with Crippen molar-refractivity contribution >= 4 is 11.9 Å². The maximum absolute atomic E-state index is 11.6. The molecule has 86 valence electrons. The van der Waals surface area contributed by atoms with Crippen LogP contribution in [0.5, 0.6) is 0 Å². The Hall–Kier alpha value is -1.10. The van der Waals surface area contributed by atoms with Crippen molar-refractivity contribution in [3.8, 4) is 0 Å². The first-order valence-electron chi connectivity index (χ1n) is 5.09. The van der Waals surface area contributed by atoms with E-state index >= 15 is 0 Å². The van der Waals surface area contributed by atoms with Gasteiger partial charge in [-0.25, -0.2) is 4.79 Å². The van der Waals surface area contributed by atoms with Gasteiger partial charge in [-0.3, -0.25) is 4.79 Å². The number of rotatable bonds is 5. The molecule has 2 N–H and O–H groups in total. The number of hydrogen-bond donors (Lipinski definition) is 2. The zero-order chi connectivity index (χ0) is 11.6. The second-order valence-electron chi connectivity index (χ2n) is 4.47. The predicted octanol–water partition coefficient (Wildman–Crippen LogP) is 0.0600. The lowest BCUT2D eigenvalue weighted by atomic mass is 10.0. The van der Waals surface area contributed by atoms with Crippen molar-refractivity contribution in [1.82, 2.24) is 10.2 Å². The van der Waals surface area contributed by atoms with E-state index in [4.69, 9.17) is 5.11 Å². The van der Waals surface area contributed by atoms with E-state index in [1.165, 1.54) is 25.8 Å². The summed E-state index contributed by atoms with van der Waals surface area (Å²) in [5.74, 6) is -1.18. The molecule has 5 heteroatoms. The van der Waals surface area contributed by atoms with Crippen LogP contribution in [-0.4, -0.2) is 47.1 Å². The molecule has 1 aliphatic rings. The first-order chi connectivity index (χ1) is 6.85. The van der Waals surface area contributed by atoms with Crippen molar-refractivity contribution in [2.45, 2.75) is 38.3 Å². The van der Waals surface area contributed by atoms with Gasteiger partial charge >= 0.3 is 5.97 Å². The van der Waals surface area contributed by atoms with Crippen LogP contribution in [-0.2, 0) is 9.59 Å². The molecule has 0 aromatic rings. The highest BCUT2D eigenvalue weighted by atomic mass is 16.4. The molecule has 0 bridgehead atoms. The molecule has 5 nitrogen and oxygen atoms in total. The summed E-state index contributed by atoms with van der Waals surface area (Å²) in [5.41, 5.74) is -1.15. The maximum atomic E-state index is 11.6. The molecule has 1 fully saturated rings. The van der Waals surface area contributed by atoms with Crippen LogP contribution in [0.15, 0.2) is 0 Å². The van der Waals surface area contributed by atoms with Crippen LogP contribution in [0.2, 0.25) is 0 Å². The Morgan fingerprint density at radius 3 is 2.40 bits per heavy atom. The third kappa shape index (κ3) is 2.92. The zero-order valence-electron chi connectivity index (χ0n) is 9.41. The van der Waals surface area contributed by atoms with Gasteiger partial charge in [0.05, 0.1) is 6.54 Å². The van der Waals surface area contributed by atoms with E-state index < -0.39 is 11.5 Å². The third-order valence-electron chi connectivity index (χ3n) is 2.86. The Morgan fingerprint density at radius 2 is 2.00 bits per heavy atom. The van der Waals surface area contributed by atoms with Gasteiger partial charge < -0.3 is 15.3 Å². The van der Waals surface area contributed by atoms with E-state index in [2.05, 4.69) is 5.32 Å². The zero-order valence-corrected chi connectivity index (χ0v) is 9.41. The van der Waals surface area contributed by atoms with E-state index in [0.29, 0.717) is 6.04 Å². The number of carboxylic acids is 1. The molecule has 0 aliphatic heterocycles. The number of carboxylic acid groups (broad SMARTS) is 1. The molecule has 0 radical (unpaired) electrons. The van der Waals surface area contributed by atoms with Crippen LogP contribution < -0.4 is 5.32 Å². The SMILES string of the molecule is CN(C(=O)CNC1CC1)C(C)(C)C(=O)O. The van der Waals surface area contributed by atoms with Crippen molar-refractivity contribution in [2.75, 3.05) is 13.6 Å². The van der Waals surface area contributed by atoms with Gasteiger partial charge in [-0.05, 0) is 26.7 Å². The molecule has 1 saturated carbocycles. The van der Waals surface area contributed by atoms with Crippen molar-refractivity contribution < 1.29 is 14.7 Å². The topological polar surface area (TPSA) is 69.6 Å². The van der Waals surface area contributed by atoms with Crippen molar-refractivity contribution in [1.29, 1.82) is 0 Å². The highest BCUT2D eigenvalue weighted by Crippen LogP contribution is 2.18. The van der Waals surface area contributed by atoms with Gasteiger partial charge in [0.25, 0.3) is 0 Å². The lowest BCUT2D eigenvalue weighted by Gasteiger charge is -2.31. The standard InChI is InChI=1S/C10H18N2O3/c1-10(2,9(14)15)12(3)8(13)6-11-7-4-5-7/h7,11H,4-6H2,1-3H3,(H,14,15). The average molecular weight is 214 g/mol. The fourth-order valence-corrected chi connectivity index (χ4v) is 1.09. The van der Waals surface area contributed by atoms with E-state index in [1.54, 1.807) is 0 Å². The van der Waals surface area contributed by atoms with E-state index in [-0.39, 0.29) is 12.5 Å². The number of nitrogens with zero attached hydrogens (tertiary/aromatic N) is 1. The molecular weight excluding hydrogens is 196 g/mol. The quantitative estimate of drug-likeness (QED) is 0.679. The summed E-state index contributed by atoms with van der Waals surface area (Å²) in [4.78, 5) is 23.8. The van der Waals surface area contributed by atoms with E-state index in [0.717, 1.165) is 12.8 Å². The second-order valence-corrected chi connectivity index (χ2v) is 4.47. The lowest BCUT2D eigenvalue weighted by molar-refractivity contribution is -0.154. The number of carbonyl (C=O) groups is 2. The van der Waals surface area contributed by atoms with Gasteiger partial charge in [0.2, 0.25) is 5.91 Å². The van der Waals surface area contributed by atoms with E-state index in [9.17, 15) is 9.59 Å². The van der Waals surface area contributed by atoms with Gasteiger partial charge in [-0.1, -0.05) is 0 Å². The third-order valence-corrected chi connectivity index (χ3v) is 2.86. The van der Waals surface area contributed by atoms with Gasteiger partial charge in [0.1, 0.15) is 5.54 Å². The van der Waals surface area contributed by atoms with Gasteiger partial charge in [0, 0.05) is 13.1 Å². The Kier molecular flexibility index (Phi) is 3.34. The van der Waals surface area contributed by atoms with Crippen LogP contribution in [0.4, 0.5) is 0 Å². The summed E-state index contributed by atoms with van der Waals surface area (Å²) in [6, 6.07) is 0.454. The molecule has 15 heavy (non-hydrogen) atoms. The molecule has 1 rings (SSSR count). The minimum absolute atomic E-state index is 0.186. The van der Waals surface area contributed by atoms with Crippen LogP contribution >= 0.6 is 0 Å². The molecule has 0 spiro atoms. The number of amides is 1. The molecule has 1 amide bonds. The smallest absolute Gasteiger partial charge is 0.329 e.